The third kappa shape index (κ3) is 2.79. The monoisotopic (exact) mass is 286 g/mol. The number of pyridine rings is 1. The molecule has 5 heteroatoms. The van der Waals surface area contributed by atoms with Crippen LogP contribution in [-0.2, 0) is 11.0 Å². The smallest absolute Gasteiger partial charge is 0.335 e. The van der Waals surface area contributed by atoms with Crippen molar-refractivity contribution >= 4 is 30.1 Å². The molecule has 0 spiro atoms. The first-order chi connectivity index (χ1) is 9.56. The summed E-state index contributed by atoms with van der Waals surface area (Å²) in [5.41, 5.74) is 4.54. The van der Waals surface area contributed by atoms with Crippen LogP contribution in [0, 0.1) is 13.5 Å². The molecule has 102 valence electrons. The molecule has 0 aliphatic carbocycles. The highest BCUT2D eigenvalue weighted by Gasteiger charge is 2.12. The first-order valence-corrected chi connectivity index (χ1v) is 8.31. The number of hydrogen-bond donors (Lipinski definition) is 1. The minimum atomic E-state index is -1.12. The molecule has 0 saturated carbocycles. The predicted octanol–water partition coefficient (Wildman–Crippen LogP) is 4.14. The van der Waals surface area contributed by atoms with Gasteiger partial charge in [0.05, 0.1) is 17.8 Å². The molecule has 2 aromatic rings. The summed E-state index contributed by atoms with van der Waals surface area (Å²) in [4.78, 5) is 7.85. The van der Waals surface area contributed by atoms with Gasteiger partial charge >= 0.3 is 7.80 Å². The fourth-order valence-corrected chi connectivity index (χ4v) is 2.83. The van der Waals surface area contributed by atoms with E-state index in [-0.39, 0.29) is 0 Å². The maximum Gasteiger partial charge on any atom is 0.335 e. The van der Waals surface area contributed by atoms with E-state index in [2.05, 4.69) is 21.2 Å². The van der Waals surface area contributed by atoms with E-state index in [4.69, 9.17) is 6.57 Å². The van der Waals surface area contributed by atoms with Crippen molar-refractivity contribution < 1.29 is 4.57 Å². The fraction of sp³-hybridized carbons (Fsp3) is 0.333. The number of hydrogen-bond acceptors (Lipinski definition) is 3. The summed E-state index contributed by atoms with van der Waals surface area (Å²) in [7, 11) is 0.695. The molecular weight excluding hydrogens is 269 g/mol. The van der Waals surface area contributed by atoms with Crippen molar-refractivity contribution in [2.45, 2.75) is 13.3 Å². The first kappa shape index (κ1) is 14.4. The number of aromatic nitrogens is 1. The van der Waals surface area contributed by atoms with Crippen molar-refractivity contribution in [1.29, 1.82) is 0 Å². The summed E-state index contributed by atoms with van der Waals surface area (Å²) in [6, 6.07) is 4.10. The number of rotatable bonds is 4. The van der Waals surface area contributed by atoms with Crippen LogP contribution in [0.15, 0.2) is 18.3 Å². The Kier molecular flexibility index (Phi) is 4.32. The molecule has 1 aromatic heterocycles. The van der Waals surface area contributed by atoms with Crippen LogP contribution in [0.4, 0.5) is 11.4 Å². The lowest BCUT2D eigenvalue weighted by molar-refractivity contribution is 0.590. The molecule has 4 nitrogen and oxygen atoms in total. The summed E-state index contributed by atoms with van der Waals surface area (Å²) in [6.07, 6.45) is 3.09. The summed E-state index contributed by atoms with van der Waals surface area (Å²) < 4.78 is 11.3. The average molecular weight is 286 g/mol. The Morgan fingerprint density at radius 2 is 2.20 bits per heavy atom. The van der Waals surface area contributed by atoms with Crippen molar-refractivity contribution in [2.75, 3.05) is 25.2 Å². The molecule has 0 radical (unpaired) electrons. The summed E-state index contributed by atoms with van der Waals surface area (Å²) >= 11 is 0. The number of nitrogens with one attached hydrogen (secondary N) is 1. The zero-order valence-electron chi connectivity index (χ0n) is 11.9. The lowest BCUT2D eigenvalue weighted by Gasteiger charge is -2.11. The van der Waals surface area contributed by atoms with E-state index < -0.39 is 7.80 Å². The number of nitrogens with zero attached hydrogens (tertiary/aromatic N) is 2. The molecule has 0 bridgehead atoms. The molecule has 0 aliphatic heterocycles. The van der Waals surface area contributed by atoms with E-state index in [1.165, 1.54) is 5.56 Å². The number of fused-ring (bicyclic) bond motifs is 1. The summed E-state index contributed by atoms with van der Waals surface area (Å²) in [5, 5.41) is 4.05. The van der Waals surface area contributed by atoms with Gasteiger partial charge in [0.25, 0.3) is 0 Å². The van der Waals surface area contributed by atoms with Gasteiger partial charge in [0, 0.05) is 25.1 Å². The maximum atomic E-state index is 11.3. The molecule has 0 aliphatic rings. The normalized spacial score (nSPS) is 11.2. The Morgan fingerprint density at radius 1 is 1.45 bits per heavy atom. The molecule has 1 atom stereocenters. The predicted molar refractivity (Wildman–Crippen MR) is 84.4 cm³/mol. The second-order valence-corrected chi connectivity index (χ2v) is 6.48. The third-order valence-corrected chi connectivity index (χ3v) is 4.23. The van der Waals surface area contributed by atoms with Gasteiger partial charge in [0.1, 0.15) is 12.8 Å². The van der Waals surface area contributed by atoms with Crippen LogP contribution in [0.25, 0.3) is 15.7 Å². The van der Waals surface area contributed by atoms with Gasteiger partial charge in [-0.2, -0.15) is 0 Å². The SMILES string of the molecule is [C-]#[N+]c1cnc2cc(CC[P+](C)=O)c(C)cc2c1NC. The lowest BCUT2D eigenvalue weighted by Crippen LogP contribution is -1.96. The van der Waals surface area contributed by atoms with E-state index >= 15 is 0 Å². The van der Waals surface area contributed by atoms with Gasteiger partial charge in [-0.15, -0.1) is 0 Å². The van der Waals surface area contributed by atoms with Gasteiger partial charge in [-0.1, -0.05) is 4.57 Å². The highest BCUT2D eigenvalue weighted by Crippen LogP contribution is 2.33. The zero-order valence-corrected chi connectivity index (χ0v) is 12.8. The maximum absolute atomic E-state index is 11.3. The second-order valence-electron chi connectivity index (χ2n) is 4.78. The Hall–Kier alpha value is -1.98. The molecular formula is C15H17N3OP+. The topological polar surface area (TPSA) is 46.4 Å². The fourth-order valence-electron chi connectivity index (χ4n) is 2.27. The zero-order chi connectivity index (χ0) is 14.7. The van der Waals surface area contributed by atoms with Crippen molar-refractivity contribution in [3.05, 3.63) is 40.9 Å². The molecule has 1 heterocycles. The van der Waals surface area contributed by atoms with Crippen LogP contribution in [-0.4, -0.2) is 24.9 Å². The first-order valence-electron chi connectivity index (χ1n) is 6.42. The van der Waals surface area contributed by atoms with Crippen LogP contribution in [0.3, 0.4) is 0 Å². The van der Waals surface area contributed by atoms with Gasteiger partial charge < -0.3 is 5.32 Å². The van der Waals surface area contributed by atoms with E-state index in [0.717, 1.165) is 28.6 Å². The summed E-state index contributed by atoms with van der Waals surface area (Å²) in [6.45, 7) is 11.0. The highest BCUT2D eigenvalue weighted by molar-refractivity contribution is 7.43. The van der Waals surface area contributed by atoms with Gasteiger partial charge in [0.15, 0.2) is 0 Å². The van der Waals surface area contributed by atoms with Gasteiger partial charge in [-0.05, 0) is 30.2 Å². The third-order valence-electron chi connectivity index (χ3n) is 3.37. The molecule has 0 amide bonds. The van der Waals surface area contributed by atoms with Crippen molar-refractivity contribution in [3.8, 4) is 0 Å². The molecule has 20 heavy (non-hydrogen) atoms. The van der Waals surface area contributed by atoms with Crippen molar-refractivity contribution in [3.63, 3.8) is 0 Å². The molecule has 1 aromatic carbocycles. The lowest BCUT2D eigenvalue weighted by atomic mass is 10.0. The van der Waals surface area contributed by atoms with Crippen LogP contribution in [0.5, 0.6) is 0 Å². The minimum Gasteiger partial charge on any atom is -0.396 e. The van der Waals surface area contributed by atoms with E-state index in [1.807, 2.05) is 20.0 Å². The largest absolute Gasteiger partial charge is 0.396 e. The van der Waals surface area contributed by atoms with Gasteiger partial charge in [-0.25, -0.2) is 4.85 Å². The number of aryl methyl sites for hydroxylation is 2. The van der Waals surface area contributed by atoms with Crippen LogP contribution >= 0.6 is 7.80 Å². The van der Waals surface area contributed by atoms with Gasteiger partial charge in [-0.3, -0.25) is 4.98 Å². The molecule has 0 saturated heterocycles. The van der Waals surface area contributed by atoms with Crippen LogP contribution < -0.4 is 5.32 Å². The Morgan fingerprint density at radius 3 is 2.80 bits per heavy atom. The summed E-state index contributed by atoms with van der Waals surface area (Å²) in [5.74, 6) is 0. The quantitative estimate of drug-likeness (QED) is 0.679. The number of anilines is 1. The Labute approximate surface area is 119 Å². The van der Waals surface area contributed by atoms with Crippen molar-refractivity contribution in [2.24, 2.45) is 0 Å². The van der Waals surface area contributed by atoms with Crippen LogP contribution in [0.2, 0.25) is 0 Å². The molecule has 0 fully saturated rings. The van der Waals surface area contributed by atoms with E-state index in [1.54, 1.807) is 12.9 Å². The van der Waals surface area contributed by atoms with E-state index in [0.29, 0.717) is 11.8 Å². The Bertz CT molecular complexity index is 719. The minimum absolute atomic E-state index is 0.531. The van der Waals surface area contributed by atoms with E-state index in [9.17, 15) is 4.57 Å². The highest BCUT2D eigenvalue weighted by atomic mass is 31.1. The van der Waals surface area contributed by atoms with Crippen molar-refractivity contribution in [1.82, 2.24) is 4.98 Å². The number of benzene rings is 1. The average Bonchev–Trinajstić information content (AvgIpc) is 2.43. The molecule has 2 rings (SSSR count). The molecule has 1 N–H and O–H groups in total. The van der Waals surface area contributed by atoms with Gasteiger partial charge in [0.2, 0.25) is 5.69 Å². The second kappa shape index (κ2) is 5.98. The van der Waals surface area contributed by atoms with Crippen LogP contribution in [0.1, 0.15) is 11.1 Å². The molecule has 1 unspecified atom stereocenters. The standard InChI is InChI=1S/C15H17N3OP/c1-10-7-12-13(8-11(10)5-6-20(4)19)18-9-14(16-2)15(12)17-3/h7-9H,5-6H2,1,3-4H3,(H,17,18)/q+1. The Balaban J connectivity index is 2.56.